The molecule has 7 nitrogen and oxygen atoms in total. The second kappa shape index (κ2) is 8.65. The Morgan fingerprint density at radius 1 is 1.25 bits per heavy atom. The summed E-state index contributed by atoms with van der Waals surface area (Å²) in [6.45, 7) is 8.84. The third kappa shape index (κ3) is 4.30. The molecule has 0 N–H and O–H groups in total. The molecule has 3 rings (SSSR count). The van der Waals surface area contributed by atoms with Gasteiger partial charge in [-0.2, -0.15) is 0 Å². The molecule has 7 heteroatoms. The Bertz CT molecular complexity index is 823. The maximum Gasteiger partial charge on any atom is 0.292 e. The number of aromatic nitrogens is 3. The molecule has 1 fully saturated rings. The minimum absolute atomic E-state index is 0.152. The van der Waals surface area contributed by atoms with Gasteiger partial charge in [-0.3, -0.25) is 9.78 Å². The molecule has 2 aromatic heterocycles. The normalized spacial score (nSPS) is 16.6. The first-order valence-electron chi connectivity index (χ1n) is 9.86. The second-order valence-electron chi connectivity index (χ2n) is 7.57. The van der Waals surface area contributed by atoms with E-state index < -0.39 is 0 Å². The lowest BCUT2D eigenvalue weighted by atomic mass is 10.2. The number of amides is 1. The molecule has 0 radical (unpaired) electrons. The fourth-order valence-electron chi connectivity index (χ4n) is 3.53. The van der Waals surface area contributed by atoms with E-state index in [-0.39, 0.29) is 11.7 Å². The smallest absolute Gasteiger partial charge is 0.292 e. The van der Waals surface area contributed by atoms with Crippen LogP contribution in [0.15, 0.2) is 24.4 Å². The number of pyridine rings is 1. The number of hydrogen-bond donors (Lipinski definition) is 0. The maximum atomic E-state index is 13.1. The number of rotatable bonds is 6. The van der Waals surface area contributed by atoms with Crippen molar-refractivity contribution in [2.75, 3.05) is 38.6 Å². The number of nitrogens with zero attached hydrogens (tertiary/aromatic N) is 6. The molecule has 1 atom stereocenters. The lowest BCUT2D eigenvalue weighted by Crippen LogP contribution is -2.34. The standard InChI is InChI=1S/C21H30N6O/c1-6-26(13-17-9-7-8-11-22-17)21(28)19-23-16(3)15(2)20(24-19)27-12-10-18(14-27)25(4)5/h7-9,11,18H,6,10,12-14H2,1-5H3/t18-/m1/s1. The number of aryl methyl sites for hydroxylation is 1. The first kappa shape index (κ1) is 20.2. The predicted octanol–water partition coefficient (Wildman–Crippen LogP) is 2.29. The summed E-state index contributed by atoms with van der Waals surface area (Å²) in [7, 11) is 4.22. The molecule has 0 unspecified atom stereocenters. The quantitative estimate of drug-likeness (QED) is 0.764. The Morgan fingerprint density at radius 2 is 2.04 bits per heavy atom. The highest BCUT2D eigenvalue weighted by molar-refractivity contribution is 5.91. The fourth-order valence-corrected chi connectivity index (χ4v) is 3.53. The largest absolute Gasteiger partial charge is 0.355 e. The van der Waals surface area contributed by atoms with E-state index in [1.807, 2.05) is 39.0 Å². The summed E-state index contributed by atoms with van der Waals surface area (Å²) >= 11 is 0. The molecule has 150 valence electrons. The Balaban J connectivity index is 1.85. The third-order valence-electron chi connectivity index (χ3n) is 5.50. The van der Waals surface area contributed by atoms with Crippen LogP contribution in [0.25, 0.3) is 0 Å². The van der Waals surface area contributed by atoms with E-state index in [9.17, 15) is 4.79 Å². The maximum absolute atomic E-state index is 13.1. The third-order valence-corrected chi connectivity index (χ3v) is 5.50. The molecule has 2 aromatic rings. The Labute approximate surface area is 167 Å². The molecule has 1 saturated heterocycles. The van der Waals surface area contributed by atoms with Crippen molar-refractivity contribution >= 4 is 11.7 Å². The molecule has 28 heavy (non-hydrogen) atoms. The summed E-state index contributed by atoms with van der Waals surface area (Å²) < 4.78 is 0. The zero-order chi connectivity index (χ0) is 20.3. The Kier molecular flexibility index (Phi) is 6.24. The highest BCUT2D eigenvalue weighted by atomic mass is 16.2. The second-order valence-corrected chi connectivity index (χ2v) is 7.57. The van der Waals surface area contributed by atoms with Crippen LogP contribution in [0.5, 0.6) is 0 Å². The Hall–Kier alpha value is -2.54. The van der Waals surface area contributed by atoms with Crippen LogP contribution in [0.4, 0.5) is 5.82 Å². The van der Waals surface area contributed by atoms with Gasteiger partial charge in [0.05, 0.1) is 12.2 Å². The van der Waals surface area contributed by atoms with Crippen molar-refractivity contribution in [3.63, 3.8) is 0 Å². The van der Waals surface area contributed by atoms with Crippen molar-refractivity contribution in [2.24, 2.45) is 0 Å². The number of hydrogen-bond acceptors (Lipinski definition) is 6. The van der Waals surface area contributed by atoms with Gasteiger partial charge >= 0.3 is 0 Å². The number of carbonyl (C=O) groups is 1. The van der Waals surface area contributed by atoms with Crippen molar-refractivity contribution in [1.29, 1.82) is 0 Å². The average molecular weight is 383 g/mol. The Morgan fingerprint density at radius 3 is 2.64 bits per heavy atom. The molecule has 1 amide bonds. The first-order chi connectivity index (χ1) is 13.4. The molecule has 0 saturated carbocycles. The van der Waals surface area contributed by atoms with Crippen LogP contribution >= 0.6 is 0 Å². The van der Waals surface area contributed by atoms with Crippen LogP contribution in [0.1, 0.15) is 40.9 Å². The van der Waals surface area contributed by atoms with E-state index in [4.69, 9.17) is 4.98 Å². The summed E-state index contributed by atoms with van der Waals surface area (Å²) in [4.78, 5) is 32.9. The van der Waals surface area contributed by atoms with Gasteiger partial charge in [0.2, 0.25) is 5.82 Å². The van der Waals surface area contributed by atoms with Crippen molar-refractivity contribution < 1.29 is 4.79 Å². The van der Waals surface area contributed by atoms with Gasteiger partial charge in [-0.25, -0.2) is 9.97 Å². The molecule has 0 spiro atoms. The van der Waals surface area contributed by atoms with Crippen molar-refractivity contribution in [2.45, 2.75) is 39.8 Å². The van der Waals surface area contributed by atoms with Gasteiger partial charge in [-0.05, 0) is 53.4 Å². The molecule has 0 bridgehead atoms. The van der Waals surface area contributed by atoms with E-state index in [0.717, 1.165) is 42.3 Å². The molecule has 0 aliphatic carbocycles. The molecule has 1 aliphatic heterocycles. The zero-order valence-corrected chi connectivity index (χ0v) is 17.5. The summed E-state index contributed by atoms with van der Waals surface area (Å²) in [5, 5.41) is 0. The van der Waals surface area contributed by atoms with Crippen molar-refractivity contribution in [3.8, 4) is 0 Å². The summed E-state index contributed by atoms with van der Waals surface area (Å²) in [6, 6.07) is 6.23. The lowest BCUT2D eigenvalue weighted by molar-refractivity contribution is 0.0738. The van der Waals surface area contributed by atoms with E-state index in [2.05, 4.69) is 33.9 Å². The van der Waals surface area contributed by atoms with Crippen LogP contribution < -0.4 is 4.90 Å². The average Bonchev–Trinajstić information content (AvgIpc) is 3.18. The van der Waals surface area contributed by atoms with Crippen molar-refractivity contribution in [1.82, 2.24) is 24.8 Å². The first-order valence-corrected chi connectivity index (χ1v) is 9.86. The number of likely N-dealkylation sites (N-methyl/N-ethyl adjacent to an activating group) is 1. The molecule has 1 aliphatic rings. The molecular formula is C21H30N6O. The minimum atomic E-state index is -0.152. The molecule has 3 heterocycles. The van der Waals surface area contributed by atoms with Crippen LogP contribution in [0.3, 0.4) is 0 Å². The minimum Gasteiger partial charge on any atom is -0.355 e. The van der Waals surface area contributed by atoms with Crippen molar-refractivity contribution in [3.05, 3.63) is 47.2 Å². The topological polar surface area (TPSA) is 65.5 Å². The summed E-state index contributed by atoms with van der Waals surface area (Å²) in [5.74, 6) is 0.999. The number of anilines is 1. The zero-order valence-electron chi connectivity index (χ0n) is 17.5. The van der Waals surface area contributed by atoms with Crippen LogP contribution in [-0.2, 0) is 6.54 Å². The van der Waals surface area contributed by atoms with Crippen LogP contribution in [0, 0.1) is 13.8 Å². The van der Waals surface area contributed by atoms with Gasteiger partial charge in [0, 0.05) is 43.1 Å². The van der Waals surface area contributed by atoms with Gasteiger partial charge in [-0.1, -0.05) is 6.07 Å². The monoisotopic (exact) mass is 382 g/mol. The molecular weight excluding hydrogens is 352 g/mol. The summed E-state index contributed by atoms with van der Waals surface area (Å²) in [5.41, 5.74) is 2.76. The SMILES string of the molecule is CCN(Cc1ccccn1)C(=O)c1nc(C)c(C)c(N2CC[C@@H](N(C)C)C2)n1. The van der Waals surface area contributed by atoms with E-state index in [1.54, 1.807) is 11.1 Å². The van der Waals surface area contributed by atoms with Crippen LogP contribution in [0.2, 0.25) is 0 Å². The van der Waals surface area contributed by atoms with Gasteiger partial charge in [-0.15, -0.1) is 0 Å². The number of carbonyl (C=O) groups excluding carboxylic acids is 1. The molecule has 0 aromatic carbocycles. The predicted molar refractivity (Wildman–Crippen MR) is 110 cm³/mol. The van der Waals surface area contributed by atoms with Gasteiger partial charge in [0.25, 0.3) is 5.91 Å². The van der Waals surface area contributed by atoms with E-state index in [0.29, 0.717) is 19.1 Å². The summed E-state index contributed by atoms with van der Waals surface area (Å²) in [6.07, 6.45) is 2.84. The van der Waals surface area contributed by atoms with Crippen LogP contribution in [-0.4, -0.2) is 70.4 Å². The van der Waals surface area contributed by atoms with Gasteiger partial charge < -0.3 is 14.7 Å². The highest BCUT2D eigenvalue weighted by Crippen LogP contribution is 2.25. The van der Waals surface area contributed by atoms with Gasteiger partial charge in [0.15, 0.2) is 0 Å². The van der Waals surface area contributed by atoms with E-state index in [1.165, 1.54) is 0 Å². The highest BCUT2D eigenvalue weighted by Gasteiger charge is 2.28. The van der Waals surface area contributed by atoms with Gasteiger partial charge in [0.1, 0.15) is 5.82 Å². The van der Waals surface area contributed by atoms with E-state index >= 15 is 0 Å². The lowest BCUT2D eigenvalue weighted by Gasteiger charge is -2.24. The fraction of sp³-hybridized carbons (Fsp3) is 0.524.